The second kappa shape index (κ2) is 8.11. The molecular formula is C19H19NO4S. The molecule has 0 spiro atoms. The number of carbonyl (C=O) groups is 1. The van der Waals surface area contributed by atoms with Crippen LogP contribution in [0.15, 0.2) is 60.7 Å². The van der Waals surface area contributed by atoms with Crippen molar-refractivity contribution in [2.24, 2.45) is 0 Å². The van der Waals surface area contributed by atoms with E-state index < -0.39 is 18.3 Å². The molecule has 1 aromatic heterocycles. The molecule has 0 aliphatic carbocycles. The van der Waals surface area contributed by atoms with Crippen LogP contribution in [0.4, 0.5) is 4.79 Å². The number of rotatable bonds is 6. The van der Waals surface area contributed by atoms with Crippen LogP contribution in [-0.2, 0) is 11.3 Å². The first-order chi connectivity index (χ1) is 12.1. The van der Waals surface area contributed by atoms with Crippen molar-refractivity contribution in [3.8, 4) is 0 Å². The first-order valence-corrected chi connectivity index (χ1v) is 8.74. The fourth-order valence-corrected chi connectivity index (χ4v) is 3.52. The van der Waals surface area contributed by atoms with Gasteiger partial charge in [-0.15, -0.1) is 11.3 Å². The number of alkyl carbamates (subject to hydrolysis) is 1. The molecule has 3 aromatic rings. The van der Waals surface area contributed by atoms with Gasteiger partial charge in [0.25, 0.3) is 0 Å². The highest BCUT2D eigenvalue weighted by Crippen LogP contribution is 2.31. The summed E-state index contributed by atoms with van der Waals surface area (Å²) in [4.78, 5) is 12.4. The number of amides is 1. The van der Waals surface area contributed by atoms with Crippen LogP contribution < -0.4 is 5.32 Å². The SMILES string of the molecule is O=C(NCC(O)C(O)c1cc2ccccc2s1)OCc1ccccc1. The van der Waals surface area contributed by atoms with Gasteiger partial charge >= 0.3 is 6.09 Å². The molecule has 0 aliphatic rings. The van der Waals surface area contributed by atoms with Crippen LogP contribution in [0.1, 0.15) is 16.5 Å². The van der Waals surface area contributed by atoms with Crippen LogP contribution >= 0.6 is 11.3 Å². The average Bonchev–Trinajstić information content (AvgIpc) is 3.08. The summed E-state index contributed by atoms with van der Waals surface area (Å²) < 4.78 is 6.11. The van der Waals surface area contributed by atoms with Gasteiger partial charge in [0.15, 0.2) is 0 Å². The molecule has 0 saturated heterocycles. The van der Waals surface area contributed by atoms with E-state index in [-0.39, 0.29) is 13.2 Å². The van der Waals surface area contributed by atoms with E-state index in [1.54, 1.807) is 0 Å². The van der Waals surface area contributed by atoms with Gasteiger partial charge in [-0.25, -0.2) is 4.79 Å². The summed E-state index contributed by atoms with van der Waals surface area (Å²) in [6.45, 7) is 0.0602. The van der Waals surface area contributed by atoms with Crippen molar-refractivity contribution in [1.82, 2.24) is 5.32 Å². The summed E-state index contributed by atoms with van der Waals surface area (Å²) in [6.07, 6.45) is -2.81. The van der Waals surface area contributed by atoms with Gasteiger partial charge in [0.05, 0.1) is 0 Å². The maximum Gasteiger partial charge on any atom is 0.407 e. The molecule has 0 aliphatic heterocycles. The number of ether oxygens (including phenoxy) is 1. The summed E-state index contributed by atoms with van der Waals surface area (Å²) in [6, 6.07) is 18.9. The van der Waals surface area contributed by atoms with Gasteiger partial charge in [-0.3, -0.25) is 0 Å². The Bertz CT molecular complexity index is 801. The molecule has 0 fully saturated rings. The van der Waals surface area contributed by atoms with Gasteiger partial charge in [-0.2, -0.15) is 0 Å². The van der Waals surface area contributed by atoms with Gasteiger partial charge in [0.1, 0.15) is 18.8 Å². The average molecular weight is 357 g/mol. The van der Waals surface area contributed by atoms with Crippen LogP contribution in [-0.4, -0.2) is 29.0 Å². The van der Waals surface area contributed by atoms with E-state index in [0.29, 0.717) is 4.88 Å². The zero-order chi connectivity index (χ0) is 17.6. The molecule has 6 heteroatoms. The predicted molar refractivity (Wildman–Crippen MR) is 97.4 cm³/mol. The predicted octanol–water partition coefficient (Wildman–Crippen LogP) is 3.22. The Morgan fingerprint density at radius 3 is 2.56 bits per heavy atom. The quantitative estimate of drug-likeness (QED) is 0.633. The standard InChI is InChI=1S/C19H19NO4S/c21-15(11-20-19(23)24-12-13-6-2-1-3-7-13)18(22)17-10-14-8-4-5-9-16(14)25-17/h1-10,15,18,21-22H,11-12H2,(H,20,23). The number of benzene rings is 2. The van der Waals surface area contributed by atoms with E-state index in [0.717, 1.165) is 15.6 Å². The normalized spacial score (nSPS) is 13.4. The lowest BCUT2D eigenvalue weighted by Gasteiger charge is -2.17. The third kappa shape index (κ3) is 4.57. The fourth-order valence-electron chi connectivity index (χ4n) is 2.41. The minimum atomic E-state index is -1.11. The van der Waals surface area contributed by atoms with E-state index in [2.05, 4.69) is 5.32 Å². The highest BCUT2D eigenvalue weighted by atomic mass is 32.1. The fraction of sp³-hybridized carbons (Fsp3) is 0.211. The Morgan fingerprint density at radius 1 is 1.08 bits per heavy atom. The number of aliphatic hydroxyl groups excluding tert-OH is 2. The maximum atomic E-state index is 11.7. The molecule has 5 nitrogen and oxygen atoms in total. The Morgan fingerprint density at radius 2 is 1.80 bits per heavy atom. The van der Waals surface area contributed by atoms with Crippen LogP contribution in [0.5, 0.6) is 0 Å². The molecule has 25 heavy (non-hydrogen) atoms. The molecule has 3 N–H and O–H groups in total. The number of nitrogens with one attached hydrogen (secondary N) is 1. The lowest BCUT2D eigenvalue weighted by molar-refractivity contribution is 0.0205. The van der Waals surface area contributed by atoms with E-state index in [9.17, 15) is 15.0 Å². The van der Waals surface area contributed by atoms with Gasteiger partial charge in [-0.1, -0.05) is 48.5 Å². The van der Waals surface area contributed by atoms with Crippen molar-refractivity contribution in [3.05, 3.63) is 71.1 Å². The second-order valence-corrected chi connectivity index (χ2v) is 6.76. The molecule has 130 valence electrons. The Balaban J connectivity index is 1.49. The van der Waals surface area contributed by atoms with Gasteiger partial charge < -0.3 is 20.3 Å². The van der Waals surface area contributed by atoms with Crippen molar-refractivity contribution < 1.29 is 19.7 Å². The molecule has 2 aromatic carbocycles. The molecule has 0 saturated carbocycles. The number of hydrogen-bond donors (Lipinski definition) is 3. The summed E-state index contributed by atoms with van der Waals surface area (Å²) in [5.41, 5.74) is 0.878. The number of thiophene rings is 1. The first-order valence-electron chi connectivity index (χ1n) is 7.92. The Labute approximate surface area is 149 Å². The van der Waals surface area contributed by atoms with Crippen LogP contribution in [0, 0.1) is 0 Å². The highest BCUT2D eigenvalue weighted by molar-refractivity contribution is 7.19. The molecule has 2 unspecified atom stereocenters. The summed E-state index contributed by atoms with van der Waals surface area (Å²) >= 11 is 1.42. The number of aliphatic hydroxyl groups is 2. The van der Waals surface area contributed by atoms with Gasteiger partial charge in [0, 0.05) is 16.1 Å². The zero-order valence-corrected chi connectivity index (χ0v) is 14.3. The van der Waals surface area contributed by atoms with Crippen molar-refractivity contribution in [1.29, 1.82) is 0 Å². The first kappa shape index (κ1) is 17.4. The maximum absolute atomic E-state index is 11.7. The summed E-state index contributed by atoms with van der Waals surface area (Å²) in [5.74, 6) is 0. The molecular weight excluding hydrogens is 338 g/mol. The topological polar surface area (TPSA) is 78.8 Å². The lowest BCUT2D eigenvalue weighted by Crippen LogP contribution is -2.35. The van der Waals surface area contributed by atoms with Crippen LogP contribution in [0.2, 0.25) is 0 Å². The third-order valence-electron chi connectivity index (χ3n) is 3.77. The number of fused-ring (bicyclic) bond motifs is 1. The number of hydrogen-bond acceptors (Lipinski definition) is 5. The Hall–Kier alpha value is -2.41. The molecule has 0 bridgehead atoms. The van der Waals surface area contributed by atoms with Crippen LogP contribution in [0.25, 0.3) is 10.1 Å². The minimum absolute atomic E-state index is 0.0942. The smallest absolute Gasteiger partial charge is 0.407 e. The van der Waals surface area contributed by atoms with Crippen molar-refractivity contribution >= 4 is 27.5 Å². The largest absolute Gasteiger partial charge is 0.445 e. The molecule has 0 radical (unpaired) electrons. The van der Waals surface area contributed by atoms with Crippen molar-refractivity contribution in [3.63, 3.8) is 0 Å². The van der Waals surface area contributed by atoms with Crippen molar-refractivity contribution in [2.75, 3.05) is 6.54 Å². The lowest BCUT2D eigenvalue weighted by atomic mass is 10.1. The van der Waals surface area contributed by atoms with E-state index >= 15 is 0 Å². The highest BCUT2D eigenvalue weighted by Gasteiger charge is 2.21. The summed E-state index contributed by atoms with van der Waals surface area (Å²) in [7, 11) is 0. The third-order valence-corrected chi connectivity index (χ3v) is 4.96. The summed E-state index contributed by atoms with van der Waals surface area (Å²) in [5, 5.41) is 23.9. The van der Waals surface area contributed by atoms with Crippen LogP contribution in [0.3, 0.4) is 0 Å². The van der Waals surface area contributed by atoms with Gasteiger partial charge in [-0.05, 0) is 23.1 Å². The van der Waals surface area contributed by atoms with E-state index in [1.165, 1.54) is 11.3 Å². The zero-order valence-electron chi connectivity index (χ0n) is 13.5. The second-order valence-electron chi connectivity index (χ2n) is 5.64. The van der Waals surface area contributed by atoms with E-state index in [4.69, 9.17) is 4.74 Å². The molecule has 1 amide bonds. The molecule has 2 atom stereocenters. The molecule has 1 heterocycles. The van der Waals surface area contributed by atoms with Gasteiger partial charge in [0.2, 0.25) is 0 Å². The Kier molecular flexibility index (Phi) is 5.65. The molecule has 3 rings (SSSR count). The van der Waals surface area contributed by atoms with E-state index in [1.807, 2.05) is 60.7 Å². The monoisotopic (exact) mass is 357 g/mol. The van der Waals surface area contributed by atoms with Crippen molar-refractivity contribution in [2.45, 2.75) is 18.8 Å². The minimum Gasteiger partial charge on any atom is -0.445 e. The number of carbonyl (C=O) groups excluding carboxylic acids is 1.